The quantitative estimate of drug-likeness (QED) is 0.773. The SMILES string of the molecule is NC(COC1CCOCC1)C1CCCC1. The smallest absolute Gasteiger partial charge is 0.0624 e. The lowest BCUT2D eigenvalue weighted by Gasteiger charge is -2.26. The highest BCUT2D eigenvalue weighted by atomic mass is 16.5. The Labute approximate surface area is 92.3 Å². The molecule has 3 heteroatoms. The number of rotatable bonds is 4. The van der Waals surface area contributed by atoms with E-state index in [1.54, 1.807) is 0 Å². The molecule has 1 aliphatic heterocycles. The van der Waals surface area contributed by atoms with E-state index in [0.29, 0.717) is 12.0 Å². The molecule has 0 aromatic heterocycles. The van der Waals surface area contributed by atoms with Gasteiger partial charge in [0.05, 0.1) is 12.7 Å². The van der Waals surface area contributed by atoms with Crippen molar-refractivity contribution in [1.29, 1.82) is 0 Å². The van der Waals surface area contributed by atoms with Crippen LogP contribution in [0.15, 0.2) is 0 Å². The molecule has 1 saturated heterocycles. The lowest BCUT2D eigenvalue weighted by Crippen LogP contribution is -2.36. The van der Waals surface area contributed by atoms with Crippen molar-refractivity contribution in [2.24, 2.45) is 11.7 Å². The zero-order chi connectivity index (χ0) is 10.5. The predicted molar refractivity (Wildman–Crippen MR) is 59.7 cm³/mol. The first-order valence-corrected chi connectivity index (χ1v) is 6.31. The average molecular weight is 213 g/mol. The first-order valence-electron chi connectivity index (χ1n) is 6.31. The van der Waals surface area contributed by atoms with Crippen LogP contribution >= 0.6 is 0 Å². The van der Waals surface area contributed by atoms with Gasteiger partial charge in [0.15, 0.2) is 0 Å². The fourth-order valence-corrected chi connectivity index (χ4v) is 2.61. The van der Waals surface area contributed by atoms with Gasteiger partial charge in [-0.3, -0.25) is 0 Å². The highest BCUT2D eigenvalue weighted by Crippen LogP contribution is 2.27. The molecule has 2 aliphatic rings. The number of hydrogen-bond donors (Lipinski definition) is 1. The van der Waals surface area contributed by atoms with Crippen molar-refractivity contribution in [3.63, 3.8) is 0 Å². The van der Waals surface area contributed by atoms with Crippen LogP contribution in [0.3, 0.4) is 0 Å². The second-order valence-corrected chi connectivity index (χ2v) is 4.85. The first kappa shape index (κ1) is 11.4. The van der Waals surface area contributed by atoms with Gasteiger partial charge in [0.25, 0.3) is 0 Å². The highest BCUT2D eigenvalue weighted by Gasteiger charge is 2.23. The summed E-state index contributed by atoms with van der Waals surface area (Å²) in [5.74, 6) is 0.713. The molecule has 0 amide bonds. The third kappa shape index (κ3) is 3.44. The van der Waals surface area contributed by atoms with E-state index in [1.165, 1.54) is 25.7 Å². The Balaban J connectivity index is 1.63. The number of ether oxygens (including phenoxy) is 2. The van der Waals surface area contributed by atoms with Gasteiger partial charge in [-0.05, 0) is 31.6 Å². The van der Waals surface area contributed by atoms with E-state index in [2.05, 4.69) is 0 Å². The number of nitrogens with two attached hydrogens (primary N) is 1. The van der Waals surface area contributed by atoms with Crippen molar-refractivity contribution < 1.29 is 9.47 Å². The van der Waals surface area contributed by atoms with E-state index in [9.17, 15) is 0 Å². The third-order valence-electron chi connectivity index (χ3n) is 3.70. The molecule has 1 saturated carbocycles. The van der Waals surface area contributed by atoms with Gasteiger partial charge in [-0.1, -0.05) is 12.8 Å². The molecule has 0 spiro atoms. The van der Waals surface area contributed by atoms with Crippen LogP contribution < -0.4 is 5.73 Å². The zero-order valence-electron chi connectivity index (χ0n) is 9.49. The van der Waals surface area contributed by atoms with Crippen LogP contribution in [0.2, 0.25) is 0 Å². The van der Waals surface area contributed by atoms with Crippen molar-refractivity contribution in [1.82, 2.24) is 0 Å². The Hall–Kier alpha value is -0.120. The molecule has 2 fully saturated rings. The molecule has 2 N–H and O–H groups in total. The van der Waals surface area contributed by atoms with Crippen LogP contribution in [0.4, 0.5) is 0 Å². The molecule has 2 rings (SSSR count). The van der Waals surface area contributed by atoms with E-state index in [4.69, 9.17) is 15.2 Å². The maximum Gasteiger partial charge on any atom is 0.0624 e. The van der Waals surface area contributed by atoms with E-state index < -0.39 is 0 Å². The Morgan fingerprint density at radius 1 is 1.13 bits per heavy atom. The molecular weight excluding hydrogens is 190 g/mol. The summed E-state index contributed by atoms with van der Waals surface area (Å²) in [6.07, 6.45) is 7.79. The van der Waals surface area contributed by atoms with Crippen LogP contribution in [-0.4, -0.2) is 32.0 Å². The molecule has 3 nitrogen and oxygen atoms in total. The maximum atomic E-state index is 6.14. The summed E-state index contributed by atoms with van der Waals surface area (Å²) >= 11 is 0. The van der Waals surface area contributed by atoms with Gasteiger partial charge >= 0.3 is 0 Å². The Bertz CT molecular complexity index is 174. The van der Waals surface area contributed by atoms with Crippen LogP contribution in [0, 0.1) is 5.92 Å². The van der Waals surface area contributed by atoms with E-state index >= 15 is 0 Å². The van der Waals surface area contributed by atoms with Crippen LogP contribution in [-0.2, 0) is 9.47 Å². The van der Waals surface area contributed by atoms with Gasteiger partial charge in [-0.25, -0.2) is 0 Å². The minimum atomic E-state index is 0.260. The van der Waals surface area contributed by atoms with Crippen molar-refractivity contribution in [2.45, 2.75) is 50.7 Å². The summed E-state index contributed by atoms with van der Waals surface area (Å²) in [5, 5.41) is 0. The summed E-state index contributed by atoms with van der Waals surface area (Å²) in [4.78, 5) is 0. The topological polar surface area (TPSA) is 44.5 Å². The minimum Gasteiger partial charge on any atom is -0.381 e. The summed E-state index contributed by atoms with van der Waals surface area (Å²) in [7, 11) is 0. The fraction of sp³-hybridized carbons (Fsp3) is 1.00. The summed E-state index contributed by atoms with van der Waals surface area (Å²) in [6.45, 7) is 2.45. The zero-order valence-corrected chi connectivity index (χ0v) is 9.49. The monoisotopic (exact) mass is 213 g/mol. The molecule has 0 radical (unpaired) electrons. The molecule has 1 heterocycles. The first-order chi connectivity index (χ1) is 7.36. The maximum absolute atomic E-state index is 6.14. The van der Waals surface area contributed by atoms with E-state index in [0.717, 1.165) is 32.7 Å². The normalized spacial score (nSPS) is 27.0. The minimum absolute atomic E-state index is 0.260. The molecule has 88 valence electrons. The molecule has 0 aromatic carbocycles. The summed E-state index contributed by atoms with van der Waals surface area (Å²) in [5.41, 5.74) is 6.14. The standard InChI is InChI=1S/C12H23NO2/c13-12(10-3-1-2-4-10)9-15-11-5-7-14-8-6-11/h10-12H,1-9,13H2. The molecule has 1 atom stereocenters. The average Bonchev–Trinajstić information content (AvgIpc) is 2.81. The van der Waals surface area contributed by atoms with E-state index in [-0.39, 0.29) is 6.04 Å². The lowest BCUT2D eigenvalue weighted by atomic mass is 10.00. The van der Waals surface area contributed by atoms with E-state index in [1.807, 2.05) is 0 Å². The molecule has 15 heavy (non-hydrogen) atoms. The van der Waals surface area contributed by atoms with Crippen molar-refractivity contribution in [3.05, 3.63) is 0 Å². The van der Waals surface area contributed by atoms with Gasteiger partial charge in [0.1, 0.15) is 0 Å². The number of hydrogen-bond acceptors (Lipinski definition) is 3. The van der Waals surface area contributed by atoms with Gasteiger partial charge in [-0.2, -0.15) is 0 Å². The Kier molecular flexibility index (Phi) is 4.42. The third-order valence-corrected chi connectivity index (χ3v) is 3.70. The fourth-order valence-electron chi connectivity index (χ4n) is 2.61. The second-order valence-electron chi connectivity index (χ2n) is 4.85. The summed E-state index contributed by atoms with van der Waals surface area (Å²) in [6, 6.07) is 0.260. The van der Waals surface area contributed by atoms with Crippen LogP contribution in [0.5, 0.6) is 0 Å². The largest absolute Gasteiger partial charge is 0.381 e. The molecule has 0 bridgehead atoms. The Morgan fingerprint density at radius 3 is 2.47 bits per heavy atom. The second kappa shape index (κ2) is 5.83. The highest BCUT2D eigenvalue weighted by molar-refractivity contribution is 4.78. The van der Waals surface area contributed by atoms with Crippen LogP contribution in [0.1, 0.15) is 38.5 Å². The molecule has 0 aromatic rings. The molecule has 1 aliphatic carbocycles. The Morgan fingerprint density at radius 2 is 1.80 bits per heavy atom. The van der Waals surface area contributed by atoms with Crippen LogP contribution in [0.25, 0.3) is 0 Å². The van der Waals surface area contributed by atoms with Gasteiger partial charge in [0, 0.05) is 19.3 Å². The van der Waals surface area contributed by atoms with Crippen molar-refractivity contribution >= 4 is 0 Å². The van der Waals surface area contributed by atoms with Crippen molar-refractivity contribution in [2.75, 3.05) is 19.8 Å². The van der Waals surface area contributed by atoms with Gasteiger partial charge in [-0.15, -0.1) is 0 Å². The lowest BCUT2D eigenvalue weighted by molar-refractivity contribution is -0.0391. The summed E-state index contributed by atoms with van der Waals surface area (Å²) < 4.78 is 11.1. The van der Waals surface area contributed by atoms with Crippen molar-refractivity contribution in [3.8, 4) is 0 Å². The van der Waals surface area contributed by atoms with Gasteiger partial charge < -0.3 is 15.2 Å². The van der Waals surface area contributed by atoms with Gasteiger partial charge in [0.2, 0.25) is 0 Å². The predicted octanol–water partition coefficient (Wildman–Crippen LogP) is 1.70. The molecule has 1 unspecified atom stereocenters. The molecular formula is C12H23NO2.